The zero-order valence-corrected chi connectivity index (χ0v) is 16.2. The van der Waals surface area contributed by atoms with Gasteiger partial charge in [0.15, 0.2) is 22.3 Å². The molecule has 0 fully saturated rings. The second kappa shape index (κ2) is 8.59. The third kappa shape index (κ3) is 4.22. The maximum absolute atomic E-state index is 12.7. The molecule has 0 saturated heterocycles. The molecule has 8 heteroatoms. The van der Waals surface area contributed by atoms with Crippen molar-refractivity contribution >= 4 is 17.2 Å². The number of carbonyl (C=O) groups is 1. The smallest absolute Gasteiger partial charge is 0.263 e. The van der Waals surface area contributed by atoms with Crippen LogP contribution in [-0.4, -0.2) is 35.1 Å². The third-order valence-electron chi connectivity index (χ3n) is 3.90. The molecule has 1 aromatic carbocycles. The van der Waals surface area contributed by atoms with Crippen molar-refractivity contribution < 1.29 is 14.3 Å². The highest BCUT2D eigenvalue weighted by atomic mass is 32.1. The Labute approximate surface area is 161 Å². The van der Waals surface area contributed by atoms with Crippen molar-refractivity contribution in [2.24, 2.45) is 0 Å². The number of thiazole rings is 1. The van der Waals surface area contributed by atoms with Gasteiger partial charge in [0.2, 0.25) is 0 Å². The van der Waals surface area contributed by atoms with Crippen LogP contribution in [0.5, 0.6) is 11.5 Å². The summed E-state index contributed by atoms with van der Waals surface area (Å²) in [7, 11) is 3.17. The van der Waals surface area contributed by atoms with E-state index in [4.69, 9.17) is 9.47 Å². The molecule has 2 aromatic heterocycles. The Morgan fingerprint density at radius 1 is 1.15 bits per heavy atom. The quantitative estimate of drug-likeness (QED) is 0.674. The SMILES string of the molecule is CCc1nc(-c2ncccn2)sc1C(=O)NCc1ccc(OC)c(OC)c1. The number of benzene rings is 1. The van der Waals surface area contributed by atoms with Crippen molar-refractivity contribution in [1.29, 1.82) is 0 Å². The molecule has 3 aromatic rings. The molecule has 1 N–H and O–H groups in total. The Balaban J connectivity index is 1.75. The van der Waals surface area contributed by atoms with Crippen molar-refractivity contribution in [3.8, 4) is 22.3 Å². The number of hydrogen-bond acceptors (Lipinski definition) is 7. The van der Waals surface area contributed by atoms with Crippen LogP contribution in [-0.2, 0) is 13.0 Å². The number of methoxy groups -OCH3 is 2. The highest BCUT2D eigenvalue weighted by Gasteiger charge is 2.19. The molecule has 0 bridgehead atoms. The Bertz CT molecular complexity index is 928. The highest BCUT2D eigenvalue weighted by Crippen LogP contribution is 2.28. The van der Waals surface area contributed by atoms with Crippen molar-refractivity contribution in [3.05, 3.63) is 52.8 Å². The lowest BCUT2D eigenvalue weighted by atomic mass is 10.2. The lowest BCUT2D eigenvalue weighted by Crippen LogP contribution is -2.22. The molecule has 1 amide bonds. The van der Waals surface area contributed by atoms with E-state index in [2.05, 4.69) is 20.3 Å². The Kier molecular flexibility index (Phi) is 5.97. The number of carbonyl (C=O) groups excluding carboxylic acids is 1. The van der Waals surface area contributed by atoms with Gasteiger partial charge in [-0.15, -0.1) is 11.3 Å². The second-order valence-corrected chi connectivity index (χ2v) is 6.59. The molecule has 0 aliphatic carbocycles. The second-order valence-electron chi connectivity index (χ2n) is 5.59. The number of ether oxygens (including phenoxy) is 2. The summed E-state index contributed by atoms with van der Waals surface area (Å²) in [5.74, 6) is 1.63. The van der Waals surface area contributed by atoms with Crippen molar-refractivity contribution in [2.45, 2.75) is 19.9 Å². The van der Waals surface area contributed by atoms with Crippen LogP contribution in [0.4, 0.5) is 0 Å². The average molecular weight is 384 g/mol. The number of hydrogen-bond donors (Lipinski definition) is 1. The fourth-order valence-corrected chi connectivity index (χ4v) is 3.55. The first-order valence-corrected chi connectivity index (χ1v) is 9.24. The van der Waals surface area contributed by atoms with Crippen LogP contribution < -0.4 is 14.8 Å². The van der Waals surface area contributed by atoms with Crippen molar-refractivity contribution in [2.75, 3.05) is 14.2 Å². The van der Waals surface area contributed by atoms with Gasteiger partial charge in [0.25, 0.3) is 5.91 Å². The summed E-state index contributed by atoms with van der Waals surface area (Å²) in [6.07, 6.45) is 3.97. The van der Waals surface area contributed by atoms with E-state index in [0.717, 1.165) is 11.3 Å². The van der Waals surface area contributed by atoms with Gasteiger partial charge in [-0.2, -0.15) is 0 Å². The molecular weight excluding hydrogens is 364 g/mol. The number of amides is 1. The minimum atomic E-state index is -0.165. The number of aromatic nitrogens is 3. The van der Waals surface area contributed by atoms with Gasteiger partial charge in [0.05, 0.1) is 19.9 Å². The Morgan fingerprint density at radius 2 is 1.89 bits per heavy atom. The van der Waals surface area contributed by atoms with Crippen LogP contribution in [0.2, 0.25) is 0 Å². The summed E-state index contributed by atoms with van der Waals surface area (Å²) < 4.78 is 10.5. The summed E-state index contributed by atoms with van der Waals surface area (Å²) in [6.45, 7) is 2.34. The maximum atomic E-state index is 12.7. The van der Waals surface area contributed by atoms with Gasteiger partial charge in [-0.3, -0.25) is 4.79 Å². The first-order chi connectivity index (χ1) is 13.2. The fraction of sp³-hybridized carbons (Fsp3) is 0.263. The van der Waals surface area contributed by atoms with E-state index in [1.54, 1.807) is 32.7 Å². The number of nitrogens with zero attached hydrogens (tertiary/aromatic N) is 3. The Morgan fingerprint density at radius 3 is 2.56 bits per heavy atom. The van der Waals surface area contributed by atoms with Crippen LogP contribution in [0.3, 0.4) is 0 Å². The monoisotopic (exact) mass is 384 g/mol. The number of aryl methyl sites for hydroxylation is 1. The molecule has 3 rings (SSSR count). The molecule has 0 aliphatic heterocycles. The van der Waals surface area contributed by atoms with Crippen molar-refractivity contribution in [3.63, 3.8) is 0 Å². The first kappa shape index (κ1) is 18.8. The molecule has 7 nitrogen and oxygen atoms in total. The molecular formula is C19H20N4O3S. The van der Waals surface area contributed by atoms with Gasteiger partial charge in [0, 0.05) is 18.9 Å². The third-order valence-corrected chi connectivity index (χ3v) is 4.99. The minimum absolute atomic E-state index is 0.165. The fourth-order valence-electron chi connectivity index (χ4n) is 2.53. The molecule has 0 aliphatic rings. The van der Waals surface area contributed by atoms with Crippen molar-refractivity contribution in [1.82, 2.24) is 20.3 Å². The van der Waals surface area contributed by atoms with Crippen LogP contribution in [0.15, 0.2) is 36.7 Å². The predicted molar refractivity (Wildman–Crippen MR) is 103 cm³/mol. The maximum Gasteiger partial charge on any atom is 0.263 e. The average Bonchev–Trinajstić information content (AvgIpc) is 3.17. The van der Waals surface area contributed by atoms with E-state index >= 15 is 0 Å². The van der Waals surface area contributed by atoms with E-state index < -0.39 is 0 Å². The van der Waals surface area contributed by atoms with Gasteiger partial charge in [-0.25, -0.2) is 15.0 Å². The molecule has 0 atom stereocenters. The van der Waals surface area contributed by atoms with E-state index in [1.807, 2.05) is 25.1 Å². The zero-order chi connectivity index (χ0) is 19.2. The summed E-state index contributed by atoms with van der Waals surface area (Å²) in [5, 5.41) is 3.58. The van der Waals surface area contributed by atoms with E-state index in [0.29, 0.717) is 40.2 Å². The first-order valence-electron chi connectivity index (χ1n) is 8.42. The summed E-state index contributed by atoms with van der Waals surface area (Å²) in [5.41, 5.74) is 1.66. The van der Waals surface area contributed by atoms with Gasteiger partial charge in [-0.1, -0.05) is 13.0 Å². The molecule has 0 unspecified atom stereocenters. The lowest BCUT2D eigenvalue weighted by molar-refractivity contribution is 0.0954. The molecule has 0 saturated carbocycles. The number of rotatable bonds is 7. The van der Waals surface area contributed by atoms with Crippen LogP contribution >= 0.6 is 11.3 Å². The normalized spacial score (nSPS) is 10.5. The van der Waals surface area contributed by atoms with E-state index in [1.165, 1.54) is 11.3 Å². The van der Waals surface area contributed by atoms with Gasteiger partial charge in [-0.05, 0) is 30.2 Å². The Hall–Kier alpha value is -3.00. The molecule has 0 spiro atoms. The van der Waals surface area contributed by atoms with E-state index in [9.17, 15) is 4.79 Å². The molecule has 0 radical (unpaired) electrons. The molecule has 27 heavy (non-hydrogen) atoms. The predicted octanol–water partition coefficient (Wildman–Crippen LogP) is 3.11. The van der Waals surface area contributed by atoms with Crippen LogP contribution in [0.25, 0.3) is 10.8 Å². The zero-order valence-electron chi connectivity index (χ0n) is 15.4. The van der Waals surface area contributed by atoms with Crippen LogP contribution in [0, 0.1) is 0 Å². The standard InChI is InChI=1S/C19H20N4O3S/c1-4-13-16(27-19(23-13)17-20-8-5-9-21-17)18(24)22-11-12-6-7-14(25-2)15(10-12)26-3/h5-10H,4,11H2,1-3H3,(H,22,24). The molecule has 140 valence electrons. The van der Waals surface area contributed by atoms with Crippen LogP contribution in [0.1, 0.15) is 27.9 Å². The van der Waals surface area contributed by atoms with Gasteiger partial charge < -0.3 is 14.8 Å². The highest BCUT2D eigenvalue weighted by molar-refractivity contribution is 7.17. The molecule has 2 heterocycles. The minimum Gasteiger partial charge on any atom is -0.493 e. The summed E-state index contributed by atoms with van der Waals surface area (Å²) in [4.78, 5) is 26.2. The van der Waals surface area contributed by atoms with Gasteiger partial charge >= 0.3 is 0 Å². The summed E-state index contributed by atoms with van der Waals surface area (Å²) >= 11 is 1.30. The van der Waals surface area contributed by atoms with Gasteiger partial charge in [0.1, 0.15) is 4.88 Å². The largest absolute Gasteiger partial charge is 0.493 e. The summed E-state index contributed by atoms with van der Waals surface area (Å²) in [6, 6.07) is 7.29. The lowest BCUT2D eigenvalue weighted by Gasteiger charge is -2.10. The number of nitrogens with one attached hydrogen (secondary N) is 1. The van der Waals surface area contributed by atoms with E-state index in [-0.39, 0.29) is 5.91 Å². The topological polar surface area (TPSA) is 86.2 Å².